The number of unbranched alkanes of at least 4 members (excludes halogenated alkanes) is 1. The van der Waals surface area contributed by atoms with Crippen LogP contribution in [0.25, 0.3) is 0 Å². The van der Waals surface area contributed by atoms with Crippen molar-refractivity contribution in [3.63, 3.8) is 0 Å². The summed E-state index contributed by atoms with van der Waals surface area (Å²) >= 11 is 0. The van der Waals surface area contributed by atoms with Crippen LogP contribution in [0.1, 0.15) is 19.3 Å². The second-order valence-electron chi connectivity index (χ2n) is 2.96. The molecule has 1 atom stereocenters. The van der Waals surface area contributed by atoms with Crippen LogP contribution in [0.2, 0.25) is 0 Å². The van der Waals surface area contributed by atoms with Crippen molar-refractivity contribution in [3.05, 3.63) is 12.2 Å². The van der Waals surface area contributed by atoms with Crippen molar-refractivity contribution in [2.45, 2.75) is 25.3 Å². The largest absolute Gasteiger partial charge is 0.478 e. The monoisotopic (exact) mass is 200 g/mol. The van der Waals surface area contributed by atoms with E-state index in [1.807, 2.05) is 0 Å². The molecule has 0 radical (unpaired) electrons. The van der Waals surface area contributed by atoms with E-state index in [0.717, 1.165) is 25.0 Å². The second kappa shape index (κ2) is 7.23. The van der Waals surface area contributed by atoms with Crippen molar-refractivity contribution in [2.75, 3.05) is 6.54 Å². The first-order valence-corrected chi connectivity index (χ1v) is 4.48. The topological polar surface area (TPSA) is 106 Å². The highest BCUT2D eigenvalue weighted by Crippen LogP contribution is 1.99. The standard InChI is InChI=1S/C9H16N2O3/c10-6-2-1-3-7(11)8(12)4-5-9(13)14/h4-5,7H,1-3,6,10-11H2,(H,13,14)/t7-/m0/s1. The lowest BCUT2D eigenvalue weighted by atomic mass is 10.1. The van der Waals surface area contributed by atoms with E-state index in [0.29, 0.717) is 13.0 Å². The Kier molecular flexibility index (Phi) is 6.61. The van der Waals surface area contributed by atoms with Gasteiger partial charge >= 0.3 is 5.97 Å². The SMILES string of the molecule is NCCCC[C@H](N)C(=O)C=CC(=O)O. The van der Waals surface area contributed by atoms with E-state index in [4.69, 9.17) is 16.6 Å². The molecule has 0 bridgehead atoms. The normalized spacial score (nSPS) is 13.0. The van der Waals surface area contributed by atoms with E-state index in [9.17, 15) is 9.59 Å². The minimum absolute atomic E-state index is 0.357. The van der Waals surface area contributed by atoms with Crippen molar-refractivity contribution in [3.8, 4) is 0 Å². The van der Waals surface area contributed by atoms with Gasteiger partial charge in [0.15, 0.2) is 5.78 Å². The minimum atomic E-state index is -1.15. The molecule has 0 aliphatic rings. The van der Waals surface area contributed by atoms with Crippen molar-refractivity contribution in [1.82, 2.24) is 0 Å². The quantitative estimate of drug-likeness (QED) is 0.385. The van der Waals surface area contributed by atoms with E-state index >= 15 is 0 Å². The van der Waals surface area contributed by atoms with Gasteiger partial charge in [-0.05, 0) is 25.5 Å². The summed E-state index contributed by atoms with van der Waals surface area (Å²) in [5.41, 5.74) is 10.8. The smallest absolute Gasteiger partial charge is 0.328 e. The van der Waals surface area contributed by atoms with Crippen molar-refractivity contribution in [1.29, 1.82) is 0 Å². The highest BCUT2D eigenvalue weighted by atomic mass is 16.4. The third-order valence-corrected chi connectivity index (χ3v) is 1.72. The summed E-state index contributed by atoms with van der Waals surface area (Å²) in [6, 6.07) is -0.614. The predicted octanol–water partition coefficient (Wildman–Crippen LogP) is -0.347. The molecule has 0 rings (SSSR count). The zero-order valence-corrected chi connectivity index (χ0v) is 7.98. The first-order chi connectivity index (χ1) is 6.57. The molecule has 0 unspecified atom stereocenters. The molecule has 0 aromatic rings. The zero-order chi connectivity index (χ0) is 11.0. The fourth-order valence-corrected chi connectivity index (χ4v) is 0.928. The molecule has 5 nitrogen and oxygen atoms in total. The van der Waals surface area contributed by atoms with Gasteiger partial charge in [-0.25, -0.2) is 4.79 Å². The van der Waals surface area contributed by atoms with Crippen LogP contribution < -0.4 is 11.5 Å². The predicted molar refractivity (Wildman–Crippen MR) is 52.7 cm³/mol. The Morgan fingerprint density at radius 3 is 2.43 bits per heavy atom. The Hall–Kier alpha value is -1.20. The molecular weight excluding hydrogens is 184 g/mol. The van der Waals surface area contributed by atoms with Gasteiger partial charge in [0, 0.05) is 6.08 Å². The van der Waals surface area contributed by atoms with Crippen LogP contribution in [-0.2, 0) is 9.59 Å². The number of hydrogen-bond acceptors (Lipinski definition) is 4. The highest BCUT2D eigenvalue weighted by molar-refractivity contribution is 5.98. The number of carbonyl (C=O) groups excluding carboxylic acids is 1. The van der Waals surface area contributed by atoms with E-state index in [2.05, 4.69) is 0 Å². The maximum Gasteiger partial charge on any atom is 0.328 e. The van der Waals surface area contributed by atoms with Crippen LogP contribution in [-0.4, -0.2) is 29.4 Å². The fourth-order valence-electron chi connectivity index (χ4n) is 0.928. The molecule has 0 aliphatic carbocycles. The summed E-state index contributed by atoms with van der Waals surface area (Å²) in [6.45, 7) is 0.575. The van der Waals surface area contributed by atoms with Gasteiger partial charge in [0.2, 0.25) is 0 Å². The lowest BCUT2D eigenvalue weighted by molar-refractivity contribution is -0.131. The summed E-state index contributed by atoms with van der Waals surface area (Å²) in [5.74, 6) is -1.50. The number of carboxylic acid groups (broad SMARTS) is 1. The molecule has 0 saturated heterocycles. The third-order valence-electron chi connectivity index (χ3n) is 1.72. The summed E-state index contributed by atoms with van der Waals surface area (Å²) < 4.78 is 0. The summed E-state index contributed by atoms with van der Waals surface area (Å²) in [7, 11) is 0. The summed E-state index contributed by atoms with van der Waals surface area (Å²) in [6.07, 6.45) is 3.94. The molecule has 0 fully saturated rings. The molecule has 0 heterocycles. The van der Waals surface area contributed by atoms with Gasteiger partial charge in [-0.1, -0.05) is 6.42 Å². The molecule has 5 heteroatoms. The second-order valence-corrected chi connectivity index (χ2v) is 2.96. The number of carboxylic acids is 1. The van der Waals surface area contributed by atoms with Crippen LogP contribution in [0.4, 0.5) is 0 Å². The molecular formula is C9H16N2O3. The average molecular weight is 200 g/mol. The lowest BCUT2D eigenvalue weighted by Gasteiger charge is -2.06. The van der Waals surface area contributed by atoms with Crippen LogP contribution >= 0.6 is 0 Å². The van der Waals surface area contributed by atoms with Crippen molar-refractivity contribution in [2.24, 2.45) is 11.5 Å². The molecule has 5 N–H and O–H groups in total. The lowest BCUT2D eigenvalue weighted by Crippen LogP contribution is -2.29. The van der Waals surface area contributed by atoms with Crippen LogP contribution in [0.3, 0.4) is 0 Å². The Morgan fingerprint density at radius 2 is 1.93 bits per heavy atom. The highest BCUT2D eigenvalue weighted by Gasteiger charge is 2.09. The molecule has 0 aliphatic heterocycles. The summed E-state index contributed by atoms with van der Waals surface area (Å²) in [5, 5.41) is 8.26. The Labute approximate surface area is 82.8 Å². The van der Waals surface area contributed by atoms with E-state index in [1.54, 1.807) is 0 Å². The Bertz CT molecular complexity index is 226. The first kappa shape index (κ1) is 12.8. The molecule has 0 spiro atoms. The maximum absolute atomic E-state index is 11.1. The van der Waals surface area contributed by atoms with Gasteiger partial charge in [0.25, 0.3) is 0 Å². The third kappa shape index (κ3) is 6.33. The fraction of sp³-hybridized carbons (Fsp3) is 0.556. The minimum Gasteiger partial charge on any atom is -0.478 e. The van der Waals surface area contributed by atoms with Gasteiger partial charge in [-0.15, -0.1) is 0 Å². The number of carbonyl (C=O) groups is 2. The van der Waals surface area contributed by atoms with Crippen LogP contribution in [0, 0.1) is 0 Å². The van der Waals surface area contributed by atoms with Crippen LogP contribution in [0.5, 0.6) is 0 Å². The molecule has 0 saturated carbocycles. The Morgan fingerprint density at radius 1 is 1.29 bits per heavy atom. The van der Waals surface area contributed by atoms with Gasteiger partial charge in [0.1, 0.15) is 0 Å². The zero-order valence-electron chi connectivity index (χ0n) is 7.98. The van der Waals surface area contributed by atoms with Crippen LogP contribution in [0.15, 0.2) is 12.2 Å². The van der Waals surface area contributed by atoms with E-state index in [1.165, 1.54) is 0 Å². The van der Waals surface area contributed by atoms with E-state index < -0.39 is 12.0 Å². The molecule has 0 aromatic heterocycles. The summed E-state index contributed by atoms with van der Waals surface area (Å²) in [4.78, 5) is 21.2. The number of nitrogens with two attached hydrogens (primary N) is 2. The van der Waals surface area contributed by atoms with Gasteiger partial charge in [0.05, 0.1) is 6.04 Å². The van der Waals surface area contributed by atoms with Gasteiger partial charge in [-0.2, -0.15) is 0 Å². The van der Waals surface area contributed by atoms with Gasteiger partial charge < -0.3 is 16.6 Å². The van der Waals surface area contributed by atoms with E-state index in [-0.39, 0.29) is 5.78 Å². The average Bonchev–Trinajstić information content (AvgIpc) is 2.14. The molecule has 0 aromatic carbocycles. The van der Waals surface area contributed by atoms with Gasteiger partial charge in [-0.3, -0.25) is 4.79 Å². The van der Waals surface area contributed by atoms with Crippen molar-refractivity contribution < 1.29 is 14.7 Å². The number of rotatable bonds is 7. The Balaban J connectivity index is 3.81. The van der Waals surface area contributed by atoms with Crippen molar-refractivity contribution >= 4 is 11.8 Å². The first-order valence-electron chi connectivity index (χ1n) is 4.48. The molecule has 0 amide bonds. The number of aliphatic carboxylic acids is 1. The maximum atomic E-state index is 11.1. The number of hydrogen-bond donors (Lipinski definition) is 3. The number of ketones is 1. The molecule has 80 valence electrons. The molecule has 14 heavy (non-hydrogen) atoms.